The fourth-order valence-corrected chi connectivity index (χ4v) is 2.27. The minimum atomic E-state index is 0.178. The molecule has 0 unspecified atom stereocenters. The molecule has 1 heterocycles. The van der Waals surface area contributed by atoms with E-state index in [9.17, 15) is 4.79 Å². The number of nitrogens with one attached hydrogen (secondary N) is 1. The predicted molar refractivity (Wildman–Crippen MR) is 75.7 cm³/mol. The van der Waals surface area contributed by atoms with Crippen molar-refractivity contribution in [2.45, 2.75) is 0 Å². The summed E-state index contributed by atoms with van der Waals surface area (Å²) in [6.45, 7) is 3.74. The predicted octanol–water partition coefficient (Wildman–Crippen LogP) is 0.563. The van der Waals surface area contributed by atoms with Crippen molar-refractivity contribution < 1.29 is 9.53 Å². The van der Waals surface area contributed by atoms with Crippen LogP contribution in [-0.4, -0.2) is 57.7 Å². The molecule has 1 aliphatic heterocycles. The number of nitrogens with zero attached hydrogens (tertiary/aromatic N) is 2. The van der Waals surface area contributed by atoms with Gasteiger partial charge < -0.3 is 19.9 Å². The monoisotopic (exact) mass is 263 g/mol. The van der Waals surface area contributed by atoms with E-state index in [1.165, 1.54) is 5.69 Å². The maximum absolute atomic E-state index is 11.8. The molecule has 0 saturated carbocycles. The Morgan fingerprint density at radius 1 is 1.21 bits per heavy atom. The number of amides is 1. The smallest absolute Gasteiger partial charge is 0.236 e. The molecule has 1 N–H and O–H groups in total. The van der Waals surface area contributed by atoms with Crippen molar-refractivity contribution in [3.8, 4) is 5.75 Å². The van der Waals surface area contributed by atoms with Crippen LogP contribution in [0, 0.1) is 0 Å². The third-order valence-electron chi connectivity index (χ3n) is 3.40. The van der Waals surface area contributed by atoms with E-state index in [1.807, 2.05) is 17.0 Å². The van der Waals surface area contributed by atoms with Crippen LogP contribution in [0.15, 0.2) is 24.3 Å². The van der Waals surface area contributed by atoms with Gasteiger partial charge in [-0.25, -0.2) is 0 Å². The SMILES string of the molecule is CNCC(=O)N1CCN(c2ccc(OC)cc2)CC1. The topological polar surface area (TPSA) is 44.8 Å². The normalized spacial score (nSPS) is 15.5. The highest BCUT2D eigenvalue weighted by atomic mass is 16.5. The van der Waals surface area contributed by atoms with Crippen molar-refractivity contribution in [3.63, 3.8) is 0 Å². The lowest BCUT2D eigenvalue weighted by molar-refractivity contribution is -0.130. The third kappa shape index (κ3) is 3.38. The fraction of sp³-hybridized carbons (Fsp3) is 0.500. The lowest BCUT2D eigenvalue weighted by Gasteiger charge is -2.36. The van der Waals surface area contributed by atoms with Crippen LogP contribution in [-0.2, 0) is 4.79 Å². The van der Waals surface area contributed by atoms with Gasteiger partial charge in [0, 0.05) is 31.9 Å². The molecule has 0 bridgehead atoms. The minimum Gasteiger partial charge on any atom is -0.497 e. The van der Waals surface area contributed by atoms with Crippen molar-refractivity contribution in [2.75, 3.05) is 51.8 Å². The van der Waals surface area contributed by atoms with Crippen LogP contribution in [0.5, 0.6) is 5.75 Å². The van der Waals surface area contributed by atoms with E-state index in [1.54, 1.807) is 14.2 Å². The largest absolute Gasteiger partial charge is 0.497 e. The molecule has 0 aromatic heterocycles. The summed E-state index contributed by atoms with van der Waals surface area (Å²) < 4.78 is 5.15. The molecule has 1 amide bonds. The van der Waals surface area contributed by atoms with Gasteiger partial charge in [0.1, 0.15) is 5.75 Å². The van der Waals surface area contributed by atoms with E-state index in [4.69, 9.17) is 4.74 Å². The van der Waals surface area contributed by atoms with Crippen molar-refractivity contribution in [1.82, 2.24) is 10.2 Å². The molecule has 1 saturated heterocycles. The number of hydrogen-bond donors (Lipinski definition) is 1. The molecule has 5 heteroatoms. The molecule has 0 aliphatic carbocycles. The van der Waals surface area contributed by atoms with Crippen LogP contribution < -0.4 is 15.0 Å². The van der Waals surface area contributed by atoms with Gasteiger partial charge in [0.15, 0.2) is 0 Å². The zero-order valence-electron chi connectivity index (χ0n) is 11.6. The van der Waals surface area contributed by atoms with Gasteiger partial charge >= 0.3 is 0 Å². The van der Waals surface area contributed by atoms with E-state index in [2.05, 4.69) is 22.3 Å². The molecule has 1 aromatic rings. The zero-order chi connectivity index (χ0) is 13.7. The molecule has 1 aromatic carbocycles. The van der Waals surface area contributed by atoms with Crippen LogP contribution in [0.2, 0.25) is 0 Å². The second-order valence-corrected chi connectivity index (χ2v) is 4.60. The van der Waals surface area contributed by atoms with Gasteiger partial charge in [0.05, 0.1) is 13.7 Å². The van der Waals surface area contributed by atoms with Crippen LogP contribution in [0.25, 0.3) is 0 Å². The first-order chi connectivity index (χ1) is 9.24. The van der Waals surface area contributed by atoms with Crippen LogP contribution in [0.4, 0.5) is 5.69 Å². The van der Waals surface area contributed by atoms with Crippen molar-refractivity contribution in [1.29, 1.82) is 0 Å². The highest BCUT2D eigenvalue weighted by Crippen LogP contribution is 2.20. The highest BCUT2D eigenvalue weighted by molar-refractivity contribution is 5.78. The van der Waals surface area contributed by atoms with Crippen molar-refractivity contribution in [2.24, 2.45) is 0 Å². The number of benzene rings is 1. The number of carbonyl (C=O) groups excluding carboxylic acids is 1. The summed E-state index contributed by atoms with van der Waals surface area (Å²) in [6, 6.07) is 8.05. The van der Waals surface area contributed by atoms with Crippen LogP contribution in [0.3, 0.4) is 0 Å². The third-order valence-corrected chi connectivity index (χ3v) is 3.40. The van der Waals surface area contributed by atoms with Gasteiger partial charge in [-0.3, -0.25) is 4.79 Å². The van der Waals surface area contributed by atoms with Crippen LogP contribution >= 0.6 is 0 Å². The van der Waals surface area contributed by atoms with E-state index in [-0.39, 0.29) is 5.91 Å². The molecule has 1 aliphatic rings. The molecule has 0 atom stereocenters. The Bertz CT molecular complexity index is 411. The van der Waals surface area contributed by atoms with Crippen LogP contribution in [0.1, 0.15) is 0 Å². The van der Waals surface area contributed by atoms with Crippen molar-refractivity contribution >= 4 is 11.6 Å². The number of ether oxygens (including phenoxy) is 1. The molecule has 19 heavy (non-hydrogen) atoms. The van der Waals surface area contributed by atoms with Gasteiger partial charge in [-0.2, -0.15) is 0 Å². The number of rotatable bonds is 4. The quantitative estimate of drug-likeness (QED) is 0.862. The Morgan fingerprint density at radius 2 is 1.84 bits per heavy atom. The van der Waals surface area contributed by atoms with E-state index in [0.29, 0.717) is 6.54 Å². The summed E-state index contributed by atoms with van der Waals surface area (Å²) in [7, 11) is 3.46. The van der Waals surface area contributed by atoms with Gasteiger partial charge in [0.25, 0.3) is 0 Å². The number of hydrogen-bond acceptors (Lipinski definition) is 4. The second kappa shape index (κ2) is 6.43. The van der Waals surface area contributed by atoms with E-state index >= 15 is 0 Å². The maximum Gasteiger partial charge on any atom is 0.236 e. The molecular weight excluding hydrogens is 242 g/mol. The van der Waals surface area contributed by atoms with Gasteiger partial charge in [-0.1, -0.05) is 0 Å². The minimum absolute atomic E-state index is 0.178. The Morgan fingerprint density at radius 3 is 2.37 bits per heavy atom. The molecular formula is C14H21N3O2. The number of piperazine rings is 1. The van der Waals surface area contributed by atoms with Gasteiger partial charge in [0.2, 0.25) is 5.91 Å². The number of likely N-dealkylation sites (N-methyl/N-ethyl adjacent to an activating group) is 1. The molecule has 2 rings (SSSR count). The summed E-state index contributed by atoms with van der Waals surface area (Å²) in [5, 5.41) is 2.90. The summed E-state index contributed by atoms with van der Waals surface area (Å²) in [6.07, 6.45) is 0. The fourth-order valence-electron chi connectivity index (χ4n) is 2.27. The molecule has 0 radical (unpaired) electrons. The molecule has 1 fully saturated rings. The Labute approximate surface area is 114 Å². The van der Waals surface area contributed by atoms with Gasteiger partial charge in [-0.05, 0) is 31.3 Å². The summed E-state index contributed by atoms with van der Waals surface area (Å²) in [5.74, 6) is 1.04. The molecule has 104 valence electrons. The number of carbonyl (C=O) groups is 1. The summed E-state index contributed by atoms with van der Waals surface area (Å²) >= 11 is 0. The van der Waals surface area contributed by atoms with Crippen molar-refractivity contribution in [3.05, 3.63) is 24.3 Å². The van der Waals surface area contributed by atoms with E-state index in [0.717, 1.165) is 31.9 Å². The first kappa shape index (κ1) is 13.7. The second-order valence-electron chi connectivity index (χ2n) is 4.60. The number of methoxy groups -OCH3 is 1. The number of anilines is 1. The lowest BCUT2D eigenvalue weighted by Crippen LogP contribution is -2.50. The lowest BCUT2D eigenvalue weighted by atomic mass is 10.2. The molecule has 5 nitrogen and oxygen atoms in total. The Hall–Kier alpha value is -1.75. The Balaban J connectivity index is 1.90. The average Bonchev–Trinajstić information content (AvgIpc) is 2.48. The summed E-state index contributed by atoms with van der Waals surface area (Å²) in [4.78, 5) is 16.0. The maximum atomic E-state index is 11.8. The highest BCUT2D eigenvalue weighted by Gasteiger charge is 2.20. The van der Waals surface area contributed by atoms with Gasteiger partial charge in [-0.15, -0.1) is 0 Å². The average molecular weight is 263 g/mol. The first-order valence-corrected chi connectivity index (χ1v) is 6.56. The first-order valence-electron chi connectivity index (χ1n) is 6.56. The molecule has 0 spiro atoms. The van der Waals surface area contributed by atoms with E-state index < -0.39 is 0 Å². The summed E-state index contributed by atoms with van der Waals surface area (Å²) in [5.41, 5.74) is 1.18. The zero-order valence-corrected chi connectivity index (χ0v) is 11.6. The standard InChI is InChI=1S/C14H21N3O2/c1-15-11-14(18)17-9-7-16(8-10-17)12-3-5-13(19-2)6-4-12/h3-6,15H,7-11H2,1-2H3. The Kier molecular flexibility index (Phi) is 4.63.